The van der Waals surface area contributed by atoms with Crippen LogP contribution < -0.4 is 14.8 Å². The van der Waals surface area contributed by atoms with Crippen LogP contribution in [0, 0.1) is 13.8 Å². The number of thioether (sulfide) groups is 2. The summed E-state index contributed by atoms with van der Waals surface area (Å²) in [6.45, 7) is 4.93. The second kappa shape index (κ2) is 10.7. The Labute approximate surface area is 175 Å². The minimum Gasteiger partial charge on any atom is -0.491 e. The molecule has 0 aromatic heterocycles. The molecule has 1 N–H and O–H groups in total. The van der Waals surface area contributed by atoms with Gasteiger partial charge in [0.25, 0.3) is 5.91 Å². The lowest BCUT2D eigenvalue weighted by Crippen LogP contribution is -2.32. The van der Waals surface area contributed by atoms with Gasteiger partial charge in [0, 0.05) is 0 Å². The number of amides is 1. The summed E-state index contributed by atoms with van der Waals surface area (Å²) < 4.78 is 11.9. The van der Waals surface area contributed by atoms with Gasteiger partial charge in [-0.3, -0.25) is 4.79 Å². The van der Waals surface area contributed by atoms with Crippen LogP contribution >= 0.6 is 23.5 Å². The van der Waals surface area contributed by atoms with Crippen molar-refractivity contribution >= 4 is 29.4 Å². The monoisotopic (exact) mass is 417 g/mol. The third-order valence-corrected chi connectivity index (χ3v) is 7.44. The van der Waals surface area contributed by atoms with Crippen molar-refractivity contribution in [3.63, 3.8) is 0 Å². The quantitative estimate of drug-likeness (QED) is 0.628. The molecule has 1 saturated heterocycles. The van der Waals surface area contributed by atoms with Crippen LogP contribution in [0.5, 0.6) is 11.5 Å². The summed E-state index contributed by atoms with van der Waals surface area (Å²) in [5.74, 6) is 3.92. The first-order chi connectivity index (χ1) is 13.6. The number of hydrogen-bond donors (Lipinski definition) is 1. The van der Waals surface area contributed by atoms with Gasteiger partial charge in [-0.1, -0.05) is 30.3 Å². The van der Waals surface area contributed by atoms with Crippen LogP contribution in [0.4, 0.5) is 0 Å². The SMILES string of the molecule is Cc1cccc(C)c1OCCNC(=O)COc1ccc(C2SCCCS2)cc1. The van der Waals surface area contributed by atoms with E-state index < -0.39 is 0 Å². The van der Waals surface area contributed by atoms with Crippen molar-refractivity contribution in [3.05, 3.63) is 59.2 Å². The van der Waals surface area contributed by atoms with E-state index in [1.165, 1.54) is 23.5 Å². The van der Waals surface area contributed by atoms with Crippen molar-refractivity contribution in [2.24, 2.45) is 0 Å². The molecule has 0 aliphatic carbocycles. The fourth-order valence-electron chi connectivity index (χ4n) is 2.97. The zero-order valence-corrected chi connectivity index (χ0v) is 18.0. The fourth-order valence-corrected chi connectivity index (χ4v) is 5.87. The number of benzene rings is 2. The van der Waals surface area contributed by atoms with E-state index in [4.69, 9.17) is 9.47 Å². The lowest BCUT2D eigenvalue weighted by molar-refractivity contribution is -0.123. The first-order valence-corrected chi connectivity index (χ1v) is 11.6. The number of ether oxygens (including phenoxy) is 2. The van der Waals surface area contributed by atoms with Crippen molar-refractivity contribution in [1.29, 1.82) is 0 Å². The highest BCUT2D eigenvalue weighted by Gasteiger charge is 2.16. The number of hydrogen-bond acceptors (Lipinski definition) is 5. The number of rotatable bonds is 8. The molecule has 4 nitrogen and oxygen atoms in total. The summed E-state index contributed by atoms with van der Waals surface area (Å²) in [5.41, 5.74) is 3.52. The molecule has 3 rings (SSSR count). The lowest BCUT2D eigenvalue weighted by atomic mass is 10.1. The van der Waals surface area contributed by atoms with Crippen LogP contribution in [0.2, 0.25) is 0 Å². The number of carbonyl (C=O) groups is 1. The Bertz CT molecular complexity index is 754. The number of carbonyl (C=O) groups excluding carboxylic acids is 1. The fraction of sp³-hybridized carbons (Fsp3) is 0.409. The van der Waals surface area contributed by atoms with Crippen molar-refractivity contribution in [3.8, 4) is 11.5 Å². The second-order valence-electron chi connectivity index (χ2n) is 6.70. The van der Waals surface area contributed by atoms with E-state index >= 15 is 0 Å². The average Bonchev–Trinajstić information content (AvgIpc) is 2.72. The molecule has 2 aromatic carbocycles. The Morgan fingerprint density at radius 1 is 1.04 bits per heavy atom. The highest BCUT2D eigenvalue weighted by molar-refractivity contribution is 8.16. The van der Waals surface area contributed by atoms with Crippen molar-refractivity contribution in [2.45, 2.75) is 24.9 Å². The number of para-hydroxylation sites is 1. The number of nitrogens with one attached hydrogen (secondary N) is 1. The first-order valence-electron chi connectivity index (χ1n) is 9.55. The summed E-state index contributed by atoms with van der Waals surface area (Å²) in [6.07, 6.45) is 1.29. The van der Waals surface area contributed by atoms with E-state index in [0.717, 1.165) is 22.6 Å². The Kier molecular flexibility index (Phi) is 7.98. The maximum Gasteiger partial charge on any atom is 0.258 e. The average molecular weight is 418 g/mol. The van der Waals surface area contributed by atoms with E-state index in [2.05, 4.69) is 17.4 Å². The van der Waals surface area contributed by atoms with E-state index in [-0.39, 0.29) is 12.5 Å². The van der Waals surface area contributed by atoms with Gasteiger partial charge in [-0.05, 0) is 60.6 Å². The predicted octanol–water partition coefficient (Wildman–Crippen LogP) is 4.75. The molecule has 1 fully saturated rings. The Morgan fingerprint density at radius 3 is 2.39 bits per heavy atom. The largest absolute Gasteiger partial charge is 0.491 e. The van der Waals surface area contributed by atoms with Crippen molar-refractivity contribution in [1.82, 2.24) is 5.32 Å². The lowest BCUT2D eigenvalue weighted by Gasteiger charge is -2.21. The van der Waals surface area contributed by atoms with Gasteiger partial charge in [0.2, 0.25) is 0 Å². The van der Waals surface area contributed by atoms with Crippen LogP contribution in [0.3, 0.4) is 0 Å². The summed E-state index contributed by atoms with van der Waals surface area (Å²) in [7, 11) is 0. The molecule has 1 aliphatic heterocycles. The van der Waals surface area contributed by atoms with Gasteiger partial charge in [-0.25, -0.2) is 0 Å². The number of aryl methyl sites for hydroxylation is 2. The third kappa shape index (κ3) is 6.11. The summed E-state index contributed by atoms with van der Waals surface area (Å²) in [6, 6.07) is 14.1. The topological polar surface area (TPSA) is 47.6 Å². The van der Waals surface area contributed by atoms with E-state index in [0.29, 0.717) is 17.7 Å². The molecular formula is C22H27NO3S2. The predicted molar refractivity (Wildman–Crippen MR) is 119 cm³/mol. The summed E-state index contributed by atoms with van der Waals surface area (Å²) in [4.78, 5) is 12.0. The third-order valence-electron chi connectivity index (χ3n) is 4.43. The molecule has 0 unspecified atom stereocenters. The maximum atomic E-state index is 12.0. The van der Waals surface area contributed by atoms with Gasteiger partial charge in [-0.2, -0.15) is 0 Å². The van der Waals surface area contributed by atoms with Gasteiger partial charge in [0.1, 0.15) is 18.1 Å². The summed E-state index contributed by atoms with van der Waals surface area (Å²) in [5, 5.41) is 2.83. The molecular weight excluding hydrogens is 390 g/mol. The van der Waals surface area contributed by atoms with Crippen LogP contribution in [-0.4, -0.2) is 37.2 Å². The molecule has 0 radical (unpaired) electrons. The molecule has 2 aromatic rings. The van der Waals surface area contributed by atoms with E-state index in [1.807, 2.05) is 67.7 Å². The van der Waals surface area contributed by atoms with Crippen LogP contribution in [0.15, 0.2) is 42.5 Å². The zero-order valence-electron chi connectivity index (χ0n) is 16.4. The highest BCUT2D eigenvalue weighted by Crippen LogP contribution is 2.43. The molecule has 1 amide bonds. The molecule has 28 heavy (non-hydrogen) atoms. The van der Waals surface area contributed by atoms with Gasteiger partial charge in [0.15, 0.2) is 6.61 Å². The molecule has 0 bridgehead atoms. The van der Waals surface area contributed by atoms with E-state index in [1.54, 1.807) is 0 Å². The minimum atomic E-state index is -0.146. The highest BCUT2D eigenvalue weighted by atomic mass is 32.2. The van der Waals surface area contributed by atoms with Gasteiger partial charge in [-0.15, -0.1) is 23.5 Å². The standard InChI is InChI=1S/C22H27NO3S2/c1-16-5-3-6-17(2)21(16)25-12-11-23-20(24)15-26-19-9-7-18(8-10-19)22-27-13-4-14-28-22/h3,5-10,22H,4,11-15H2,1-2H3,(H,23,24). The molecule has 150 valence electrons. The van der Waals surface area contributed by atoms with Crippen LogP contribution in [-0.2, 0) is 4.79 Å². The molecule has 1 aliphatic rings. The van der Waals surface area contributed by atoms with E-state index in [9.17, 15) is 4.79 Å². The van der Waals surface area contributed by atoms with Crippen molar-refractivity contribution < 1.29 is 14.3 Å². The van der Waals surface area contributed by atoms with Gasteiger partial charge >= 0.3 is 0 Å². The molecule has 6 heteroatoms. The molecule has 0 atom stereocenters. The Morgan fingerprint density at radius 2 is 1.71 bits per heavy atom. The molecule has 0 spiro atoms. The Hall–Kier alpha value is -1.79. The zero-order chi connectivity index (χ0) is 19.8. The maximum absolute atomic E-state index is 12.0. The first kappa shape index (κ1) is 20.9. The van der Waals surface area contributed by atoms with Gasteiger partial charge < -0.3 is 14.8 Å². The molecule has 1 heterocycles. The summed E-state index contributed by atoms with van der Waals surface area (Å²) >= 11 is 4.00. The van der Waals surface area contributed by atoms with Crippen LogP contribution in [0.25, 0.3) is 0 Å². The minimum absolute atomic E-state index is 0.00959. The van der Waals surface area contributed by atoms with Gasteiger partial charge in [0.05, 0.1) is 11.1 Å². The second-order valence-corrected chi connectivity index (χ2v) is 9.43. The molecule has 0 saturated carbocycles. The van der Waals surface area contributed by atoms with Crippen molar-refractivity contribution in [2.75, 3.05) is 31.3 Å². The smallest absolute Gasteiger partial charge is 0.258 e. The normalized spacial score (nSPS) is 14.5. The van der Waals surface area contributed by atoms with Crippen LogP contribution in [0.1, 0.15) is 27.7 Å². The Balaban J connectivity index is 1.36.